The van der Waals surface area contributed by atoms with Crippen molar-refractivity contribution in [1.29, 1.82) is 0 Å². The molecule has 0 unspecified atom stereocenters. The molecular formula is C9H13BrN2O2. The maximum Gasteiger partial charge on any atom is 0.267 e. The summed E-state index contributed by atoms with van der Waals surface area (Å²) < 4.78 is 7.29. The topological polar surface area (TPSA) is 44.1 Å². The van der Waals surface area contributed by atoms with Crippen LogP contribution in [0.15, 0.2) is 21.8 Å². The molecule has 0 N–H and O–H groups in total. The van der Waals surface area contributed by atoms with Crippen LogP contribution in [0, 0.1) is 0 Å². The van der Waals surface area contributed by atoms with Gasteiger partial charge in [-0.05, 0) is 22.4 Å². The summed E-state index contributed by atoms with van der Waals surface area (Å²) in [5.74, 6) is 0. The number of ether oxygens (including phenoxy) is 1. The molecule has 1 rings (SSSR count). The van der Waals surface area contributed by atoms with Crippen LogP contribution in [0.25, 0.3) is 0 Å². The second-order valence-corrected chi connectivity index (χ2v) is 3.71. The Kier molecular flexibility index (Phi) is 4.82. The molecule has 0 aromatic carbocycles. The van der Waals surface area contributed by atoms with Gasteiger partial charge < -0.3 is 4.74 Å². The van der Waals surface area contributed by atoms with Crippen molar-refractivity contribution in [3.8, 4) is 0 Å². The van der Waals surface area contributed by atoms with Gasteiger partial charge >= 0.3 is 0 Å². The zero-order chi connectivity index (χ0) is 10.4. The standard InChI is InChI=1S/C9H13BrN2O2/c1-2-4-14-5-3-12-7-11-6-8(10)9(12)13/h6-7H,2-5H2,1H3. The molecule has 0 aliphatic carbocycles. The first kappa shape index (κ1) is 11.4. The Labute approximate surface area is 91.0 Å². The Morgan fingerprint density at radius 1 is 1.57 bits per heavy atom. The molecule has 0 atom stereocenters. The van der Waals surface area contributed by atoms with Crippen molar-refractivity contribution in [2.75, 3.05) is 13.2 Å². The third-order valence-corrected chi connectivity index (χ3v) is 2.23. The molecule has 0 fully saturated rings. The highest BCUT2D eigenvalue weighted by atomic mass is 79.9. The largest absolute Gasteiger partial charge is 0.380 e. The second kappa shape index (κ2) is 5.93. The van der Waals surface area contributed by atoms with Crippen LogP contribution in [0.5, 0.6) is 0 Å². The van der Waals surface area contributed by atoms with Crippen molar-refractivity contribution in [3.05, 3.63) is 27.4 Å². The van der Waals surface area contributed by atoms with Crippen LogP contribution in [-0.2, 0) is 11.3 Å². The summed E-state index contributed by atoms with van der Waals surface area (Å²) in [7, 11) is 0. The zero-order valence-electron chi connectivity index (χ0n) is 8.07. The quantitative estimate of drug-likeness (QED) is 0.753. The van der Waals surface area contributed by atoms with Gasteiger partial charge in [-0.25, -0.2) is 4.98 Å². The minimum atomic E-state index is -0.0694. The summed E-state index contributed by atoms with van der Waals surface area (Å²) in [6.07, 6.45) is 4.00. The van der Waals surface area contributed by atoms with E-state index in [1.807, 2.05) is 6.92 Å². The van der Waals surface area contributed by atoms with Crippen molar-refractivity contribution < 1.29 is 4.74 Å². The van der Waals surface area contributed by atoms with E-state index in [0.29, 0.717) is 17.6 Å². The van der Waals surface area contributed by atoms with Crippen molar-refractivity contribution >= 4 is 15.9 Å². The minimum Gasteiger partial charge on any atom is -0.380 e. The van der Waals surface area contributed by atoms with E-state index >= 15 is 0 Å². The lowest BCUT2D eigenvalue weighted by Gasteiger charge is -2.05. The zero-order valence-corrected chi connectivity index (χ0v) is 9.66. The highest BCUT2D eigenvalue weighted by Gasteiger charge is 1.99. The average Bonchev–Trinajstić information content (AvgIpc) is 2.19. The molecule has 14 heavy (non-hydrogen) atoms. The SMILES string of the molecule is CCCOCCn1cncc(Br)c1=O. The molecule has 0 saturated heterocycles. The Bertz CT molecular complexity index is 338. The van der Waals surface area contributed by atoms with Gasteiger partial charge in [-0.1, -0.05) is 6.92 Å². The normalized spacial score (nSPS) is 10.4. The molecule has 4 nitrogen and oxygen atoms in total. The predicted molar refractivity (Wildman–Crippen MR) is 57.3 cm³/mol. The molecular weight excluding hydrogens is 248 g/mol. The fourth-order valence-electron chi connectivity index (χ4n) is 0.993. The van der Waals surface area contributed by atoms with E-state index in [1.54, 1.807) is 0 Å². The number of hydrogen-bond donors (Lipinski definition) is 0. The van der Waals surface area contributed by atoms with Crippen LogP contribution < -0.4 is 5.56 Å². The summed E-state index contributed by atoms with van der Waals surface area (Å²) in [5.41, 5.74) is -0.0694. The van der Waals surface area contributed by atoms with Gasteiger partial charge in [0.05, 0.1) is 19.5 Å². The van der Waals surface area contributed by atoms with Crippen molar-refractivity contribution in [2.24, 2.45) is 0 Å². The monoisotopic (exact) mass is 260 g/mol. The number of nitrogens with zero attached hydrogens (tertiary/aromatic N) is 2. The molecule has 0 bridgehead atoms. The number of rotatable bonds is 5. The highest BCUT2D eigenvalue weighted by Crippen LogP contribution is 1.97. The van der Waals surface area contributed by atoms with Crippen molar-refractivity contribution in [1.82, 2.24) is 9.55 Å². The Morgan fingerprint density at radius 2 is 2.36 bits per heavy atom. The first-order chi connectivity index (χ1) is 6.75. The summed E-state index contributed by atoms with van der Waals surface area (Å²) in [4.78, 5) is 15.4. The summed E-state index contributed by atoms with van der Waals surface area (Å²) in [6, 6.07) is 0. The molecule has 0 spiro atoms. The van der Waals surface area contributed by atoms with E-state index in [2.05, 4.69) is 20.9 Å². The molecule has 0 saturated carbocycles. The second-order valence-electron chi connectivity index (χ2n) is 2.85. The lowest BCUT2D eigenvalue weighted by molar-refractivity contribution is 0.126. The maximum atomic E-state index is 11.5. The van der Waals surface area contributed by atoms with Crippen molar-refractivity contribution in [2.45, 2.75) is 19.9 Å². The smallest absolute Gasteiger partial charge is 0.267 e. The van der Waals surface area contributed by atoms with Crippen LogP contribution in [0.3, 0.4) is 0 Å². The first-order valence-electron chi connectivity index (χ1n) is 4.53. The summed E-state index contributed by atoms with van der Waals surface area (Å²) in [6.45, 7) is 3.88. The summed E-state index contributed by atoms with van der Waals surface area (Å²) >= 11 is 3.13. The Hall–Kier alpha value is -0.680. The minimum absolute atomic E-state index is 0.0694. The fourth-order valence-corrected chi connectivity index (χ4v) is 1.34. The molecule has 0 aliphatic rings. The number of aromatic nitrogens is 2. The highest BCUT2D eigenvalue weighted by molar-refractivity contribution is 9.10. The molecule has 5 heteroatoms. The molecule has 1 aromatic heterocycles. The van der Waals surface area contributed by atoms with Gasteiger partial charge in [-0.15, -0.1) is 0 Å². The number of halogens is 1. The Morgan fingerprint density at radius 3 is 3.07 bits per heavy atom. The van der Waals surface area contributed by atoms with Crippen molar-refractivity contribution in [3.63, 3.8) is 0 Å². The maximum absolute atomic E-state index is 11.5. The number of hydrogen-bond acceptors (Lipinski definition) is 3. The van der Waals surface area contributed by atoms with E-state index in [0.717, 1.165) is 13.0 Å². The lowest BCUT2D eigenvalue weighted by Crippen LogP contribution is -2.23. The van der Waals surface area contributed by atoms with Gasteiger partial charge in [0.2, 0.25) is 0 Å². The lowest BCUT2D eigenvalue weighted by atomic mass is 10.5. The molecule has 1 heterocycles. The fraction of sp³-hybridized carbons (Fsp3) is 0.556. The van der Waals surface area contributed by atoms with E-state index < -0.39 is 0 Å². The van der Waals surface area contributed by atoms with Crippen LogP contribution >= 0.6 is 15.9 Å². The van der Waals surface area contributed by atoms with Gasteiger partial charge in [0, 0.05) is 12.8 Å². The predicted octanol–water partition coefficient (Wildman–Crippen LogP) is 1.43. The van der Waals surface area contributed by atoms with Gasteiger partial charge in [0.1, 0.15) is 4.47 Å². The van der Waals surface area contributed by atoms with E-state index in [4.69, 9.17) is 4.74 Å². The van der Waals surface area contributed by atoms with Crippen LogP contribution in [-0.4, -0.2) is 22.8 Å². The van der Waals surface area contributed by atoms with Gasteiger partial charge in [-0.2, -0.15) is 0 Å². The van der Waals surface area contributed by atoms with Crippen LogP contribution in [0.4, 0.5) is 0 Å². The van der Waals surface area contributed by atoms with Gasteiger partial charge in [-0.3, -0.25) is 9.36 Å². The van der Waals surface area contributed by atoms with E-state index in [9.17, 15) is 4.79 Å². The molecule has 0 amide bonds. The van der Waals surface area contributed by atoms with E-state index in [1.165, 1.54) is 17.1 Å². The van der Waals surface area contributed by atoms with E-state index in [-0.39, 0.29) is 5.56 Å². The van der Waals surface area contributed by atoms with Gasteiger partial charge in [0.15, 0.2) is 0 Å². The Balaban J connectivity index is 2.51. The molecule has 0 aliphatic heterocycles. The van der Waals surface area contributed by atoms with Crippen LogP contribution in [0.2, 0.25) is 0 Å². The third-order valence-electron chi connectivity index (χ3n) is 1.68. The molecule has 78 valence electrons. The first-order valence-corrected chi connectivity index (χ1v) is 5.32. The third kappa shape index (κ3) is 3.23. The molecule has 0 radical (unpaired) electrons. The summed E-state index contributed by atoms with van der Waals surface area (Å²) in [5, 5.41) is 0. The van der Waals surface area contributed by atoms with Gasteiger partial charge in [0.25, 0.3) is 5.56 Å². The van der Waals surface area contributed by atoms with Crippen LogP contribution in [0.1, 0.15) is 13.3 Å². The molecule has 1 aromatic rings. The average molecular weight is 261 g/mol.